The molecule has 162 valence electrons. The van der Waals surface area contributed by atoms with Crippen LogP contribution in [0.3, 0.4) is 0 Å². The number of anilines is 3. The van der Waals surface area contributed by atoms with Crippen molar-refractivity contribution in [2.75, 3.05) is 17.1 Å². The van der Waals surface area contributed by atoms with Crippen LogP contribution in [0.15, 0.2) is 97.1 Å². The Kier molecular flexibility index (Phi) is 5.98. The van der Waals surface area contributed by atoms with Gasteiger partial charge in [-0.05, 0) is 72.1 Å². The van der Waals surface area contributed by atoms with Gasteiger partial charge in [0.15, 0.2) is 0 Å². The first-order valence-electron chi connectivity index (χ1n) is 11.6. The van der Waals surface area contributed by atoms with Gasteiger partial charge in [0.1, 0.15) is 5.75 Å². The third-order valence-electron chi connectivity index (χ3n) is 6.45. The van der Waals surface area contributed by atoms with Crippen LogP contribution < -0.4 is 14.8 Å². The summed E-state index contributed by atoms with van der Waals surface area (Å²) in [6, 6.07) is 35.0. The molecule has 0 heterocycles. The van der Waals surface area contributed by atoms with Gasteiger partial charge in [-0.1, -0.05) is 67.8 Å². The van der Waals surface area contributed by atoms with E-state index >= 15 is 0 Å². The summed E-state index contributed by atoms with van der Waals surface area (Å²) in [5.74, 6) is 0.884. The van der Waals surface area contributed by atoms with Gasteiger partial charge in [0.2, 0.25) is 0 Å². The normalized spacial score (nSPS) is 14.3. The minimum atomic E-state index is 0.448. The molecule has 0 aliphatic heterocycles. The Bertz CT molecular complexity index is 1150. The second kappa shape index (κ2) is 9.35. The lowest BCUT2D eigenvalue weighted by molar-refractivity contribution is 0.411. The van der Waals surface area contributed by atoms with Crippen molar-refractivity contribution >= 4 is 27.8 Å². The zero-order valence-corrected chi connectivity index (χ0v) is 18.7. The molecule has 1 saturated carbocycles. The van der Waals surface area contributed by atoms with E-state index in [0.717, 1.165) is 5.75 Å². The van der Waals surface area contributed by atoms with E-state index in [1.165, 1.54) is 59.9 Å². The third-order valence-corrected chi connectivity index (χ3v) is 6.45. The van der Waals surface area contributed by atoms with E-state index in [1.54, 1.807) is 7.11 Å². The lowest BCUT2D eigenvalue weighted by atomic mass is 9.94. The molecule has 0 atom stereocenters. The molecule has 5 rings (SSSR count). The van der Waals surface area contributed by atoms with Gasteiger partial charge in [0.05, 0.1) is 30.2 Å². The molecular formula is C29H30N2O. The van der Waals surface area contributed by atoms with Gasteiger partial charge in [-0.25, -0.2) is 0 Å². The summed E-state index contributed by atoms with van der Waals surface area (Å²) >= 11 is 0. The average molecular weight is 423 g/mol. The number of hydrogen-bond acceptors (Lipinski definition) is 3. The van der Waals surface area contributed by atoms with E-state index < -0.39 is 0 Å². The van der Waals surface area contributed by atoms with E-state index in [2.05, 4.69) is 107 Å². The van der Waals surface area contributed by atoms with Crippen LogP contribution in [0.2, 0.25) is 0 Å². The minimum absolute atomic E-state index is 0.448. The fraction of sp³-hybridized carbons (Fsp3) is 0.241. The quantitative estimate of drug-likeness (QED) is 0.296. The van der Waals surface area contributed by atoms with Crippen molar-refractivity contribution in [2.45, 2.75) is 38.1 Å². The molecule has 0 unspecified atom stereocenters. The Hall–Kier alpha value is -3.46. The van der Waals surface area contributed by atoms with Crippen LogP contribution in [-0.2, 0) is 0 Å². The predicted molar refractivity (Wildman–Crippen MR) is 135 cm³/mol. The maximum absolute atomic E-state index is 5.44. The number of hydrogen-bond donors (Lipinski definition) is 0. The summed E-state index contributed by atoms with van der Waals surface area (Å²) in [5, 5.41) is 7.43. The molecule has 1 fully saturated rings. The molecule has 32 heavy (non-hydrogen) atoms. The van der Waals surface area contributed by atoms with Crippen molar-refractivity contribution in [2.24, 2.45) is 0 Å². The van der Waals surface area contributed by atoms with Crippen LogP contribution in [0.25, 0.3) is 10.8 Å². The number of methoxy groups -OCH3 is 1. The SMILES string of the molecule is COc1ccc(N(C2CCCCC2)N(c2ccccc2)c2ccc3ccccc3c2)cc1. The third kappa shape index (κ3) is 4.16. The zero-order chi connectivity index (χ0) is 21.8. The van der Waals surface area contributed by atoms with Gasteiger partial charge in [-0.3, -0.25) is 10.0 Å². The molecular weight excluding hydrogens is 392 g/mol. The summed E-state index contributed by atoms with van der Waals surface area (Å²) in [6.07, 6.45) is 6.27. The Morgan fingerprint density at radius 3 is 2.00 bits per heavy atom. The van der Waals surface area contributed by atoms with Crippen LogP contribution >= 0.6 is 0 Å². The maximum atomic E-state index is 5.44. The van der Waals surface area contributed by atoms with Crippen molar-refractivity contribution in [1.29, 1.82) is 0 Å². The number of fused-ring (bicyclic) bond motifs is 1. The monoisotopic (exact) mass is 422 g/mol. The summed E-state index contributed by atoms with van der Waals surface area (Å²) in [5.41, 5.74) is 3.54. The van der Waals surface area contributed by atoms with Gasteiger partial charge in [0, 0.05) is 0 Å². The number of benzene rings is 4. The molecule has 0 bridgehead atoms. The van der Waals surface area contributed by atoms with E-state index in [4.69, 9.17) is 4.74 Å². The molecule has 0 saturated heterocycles. The average Bonchev–Trinajstić information content (AvgIpc) is 2.88. The first-order valence-corrected chi connectivity index (χ1v) is 11.6. The molecule has 0 N–H and O–H groups in total. The molecule has 1 aliphatic carbocycles. The van der Waals surface area contributed by atoms with E-state index in [-0.39, 0.29) is 0 Å². The number of para-hydroxylation sites is 1. The highest BCUT2D eigenvalue weighted by molar-refractivity contribution is 5.87. The van der Waals surface area contributed by atoms with Gasteiger partial charge >= 0.3 is 0 Å². The van der Waals surface area contributed by atoms with Crippen LogP contribution in [0, 0.1) is 0 Å². The topological polar surface area (TPSA) is 15.7 Å². The van der Waals surface area contributed by atoms with E-state index in [0.29, 0.717) is 6.04 Å². The number of ether oxygens (including phenoxy) is 1. The summed E-state index contributed by atoms with van der Waals surface area (Å²) < 4.78 is 5.44. The van der Waals surface area contributed by atoms with Gasteiger partial charge in [-0.2, -0.15) is 0 Å². The molecule has 3 heteroatoms. The highest BCUT2D eigenvalue weighted by atomic mass is 16.5. The van der Waals surface area contributed by atoms with Crippen LogP contribution in [0.1, 0.15) is 32.1 Å². The smallest absolute Gasteiger partial charge is 0.119 e. The highest BCUT2D eigenvalue weighted by Gasteiger charge is 2.28. The van der Waals surface area contributed by atoms with Gasteiger partial charge in [-0.15, -0.1) is 0 Å². The molecule has 0 radical (unpaired) electrons. The van der Waals surface area contributed by atoms with E-state index in [1.807, 2.05) is 0 Å². The standard InChI is InChI=1S/C29H30N2O/c1-32-29-20-18-27(19-21-29)30(25-12-4-2-5-13-25)31(26-14-6-3-7-15-26)28-17-16-23-10-8-9-11-24(23)22-28/h3,6-11,14-22,25H,2,4-5,12-13H2,1H3. The largest absolute Gasteiger partial charge is 0.497 e. The maximum Gasteiger partial charge on any atom is 0.119 e. The Balaban J connectivity index is 1.67. The summed E-state index contributed by atoms with van der Waals surface area (Å²) in [6.45, 7) is 0. The molecule has 4 aromatic rings. The van der Waals surface area contributed by atoms with Crippen molar-refractivity contribution < 1.29 is 4.74 Å². The second-order valence-corrected chi connectivity index (χ2v) is 8.51. The van der Waals surface area contributed by atoms with Crippen molar-refractivity contribution in [3.8, 4) is 5.75 Å². The Labute approximate surface area is 190 Å². The van der Waals surface area contributed by atoms with Crippen LogP contribution in [0.5, 0.6) is 5.75 Å². The van der Waals surface area contributed by atoms with Crippen LogP contribution in [-0.4, -0.2) is 13.2 Å². The first kappa shape index (κ1) is 20.4. The number of rotatable bonds is 6. The zero-order valence-electron chi connectivity index (χ0n) is 18.7. The lowest BCUT2D eigenvalue weighted by Crippen LogP contribution is -2.48. The van der Waals surface area contributed by atoms with E-state index in [9.17, 15) is 0 Å². The van der Waals surface area contributed by atoms with Crippen molar-refractivity contribution in [1.82, 2.24) is 0 Å². The second-order valence-electron chi connectivity index (χ2n) is 8.51. The molecule has 3 nitrogen and oxygen atoms in total. The minimum Gasteiger partial charge on any atom is -0.497 e. The van der Waals surface area contributed by atoms with Crippen molar-refractivity contribution in [3.63, 3.8) is 0 Å². The van der Waals surface area contributed by atoms with Gasteiger partial charge in [0.25, 0.3) is 0 Å². The molecule has 1 aliphatic rings. The summed E-state index contributed by atoms with van der Waals surface area (Å²) in [4.78, 5) is 0. The molecule has 4 aromatic carbocycles. The molecule has 0 aromatic heterocycles. The van der Waals surface area contributed by atoms with Crippen molar-refractivity contribution in [3.05, 3.63) is 97.1 Å². The molecule has 0 amide bonds. The fourth-order valence-corrected chi connectivity index (χ4v) is 4.83. The Morgan fingerprint density at radius 2 is 1.28 bits per heavy atom. The number of hydrazine groups is 1. The predicted octanol–water partition coefficient (Wildman–Crippen LogP) is 7.74. The highest BCUT2D eigenvalue weighted by Crippen LogP contribution is 2.37. The van der Waals surface area contributed by atoms with Crippen LogP contribution in [0.4, 0.5) is 17.1 Å². The number of nitrogens with zero attached hydrogens (tertiary/aromatic N) is 2. The van der Waals surface area contributed by atoms with Gasteiger partial charge < -0.3 is 4.74 Å². The summed E-state index contributed by atoms with van der Waals surface area (Å²) in [7, 11) is 1.72. The lowest BCUT2D eigenvalue weighted by Gasteiger charge is -2.45. The molecule has 0 spiro atoms. The first-order chi connectivity index (χ1) is 15.8. The fourth-order valence-electron chi connectivity index (χ4n) is 4.83. The Morgan fingerprint density at radius 1 is 0.625 bits per heavy atom.